The molecule has 7 nitrogen and oxygen atoms in total. The number of fused-ring (bicyclic) bond motifs is 1. The Labute approximate surface area is 196 Å². The summed E-state index contributed by atoms with van der Waals surface area (Å²) in [7, 11) is 0. The summed E-state index contributed by atoms with van der Waals surface area (Å²) in [6.45, 7) is 1.89. The number of rotatable bonds is 6. The second-order valence-corrected chi connectivity index (χ2v) is 8.55. The summed E-state index contributed by atoms with van der Waals surface area (Å²) in [6, 6.07) is 23.0. The summed E-state index contributed by atoms with van der Waals surface area (Å²) in [6.07, 6.45) is 3.48. The van der Waals surface area contributed by atoms with Gasteiger partial charge in [0.25, 0.3) is 5.91 Å². The van der Waals surface area contributed by atoms with Crippen molar-refractivity contribution in [3.63, 3.8) is 0 Å². The Balaban J connectivity index is 1.48. The molecule has 1 atom stereocenters. The third-order valence-electron chi connectivity index (χ3n) is 5.32. The van der Waals surface area contributed by atoms with Gasteiger partial charge in [0, 0.05) is 29.5 Å². The van der Waals surface area contributed by atoms with Crippen LogP contribution in [0.25, 0.3) is 0 Å². The first-order valence-corrected chi connectivity index (χ1v) is 11.5. The molecular weight excluding hydrogens is 432 g/mol. The van der Waals surface area contributed by atoms with Crippen LogP contribution in [0.15, 0.2) is 102 Å². The zero-order valence-corrected chi connectivity index (χ0v) is 18.8. The summed E-state index contributed by atoms with van der Waals surface area (Å²) in [4.78, 5) is 22.4. The highest BCUT2D eigenvalue weighted by molar-refractivity contribution is 7.98. The minimum atomic E-state index is -0.447. The molecule has 1 aliphatic rings. The molecule has 0 saturated heterocycles. The number of thioether (sulfide) groups is 1. The van der Waals surface area contributed by atoms with E-state index in [1.807, 2.05) is 67.6 Å². The summed E-state index contributed by atoms with van der Waals surface area (Å²) >= 11 is 1.56. The summed E-state index contributed by atoms with van der Waals surface area (Å²) in [5, 5.41) is 11.7. The third kappa shape index (κ3) is 4.51. The predicted molar refractivity (Wildman–Crippen MR) is 130 cm³/mol. The van der Waals surface area contributed by atoms with Crippen LogP contribution in [0.3, 0.4) is 0 Å². The monoisotopic (exact) mass is 454 g/mol. The molecule has 0 saturated carbocycles. The van der Waals surface area contributed by atoms with Crippen LogP contribution in [-0.2, 0) is 10.5 Å². The fourth-order valence-corrected chi connectivity index (χ4v) is 4.56. The zero-order valence-electron chi connectivity index (χ0n) is 18.0. The quantitative estimate of drug-likeness (QED) is 0.404. The van der Waals surface area contributed by atoms with Gasteiger partial charge in [0.2, 0.25) is 11.1 Å². The average Bonchev–Trinajstić information content (AvgIpc) is 3.26. The van der Waals surface area contributed by atoms with Gasteiger partial charge in [0.15, 0.2) is 0 Å². The lowest BCUT2D eigenvalue weighted by Gasteiger charge is -2.28. The largest absolute Gasteiger partial charge is 0.328 e. The molecule has 1 aliphatic heterocycles. The summed E-state index contributed by atoms with van der Waals surface area (Å²) in [5.41, 5.74) is 4.10. The maximum absolute atomic E-state index is 13.4. The van der Waals surface area contributed by atoms with Gasteiger partial charge in [-0.25, -0.2) is 4.68 Å². The second kappa shape index (κ2) is 9.30. The molecule has 1 amide bonds. The molecule has 2 N–H and O–H groups in total. The second-order valence-electron chi connectivity index (χ2n) is 7.61. The first-order chi connectivity index (χ1) is 16.2. The normalized spacial score (nSPS) is 15.0. The number of nitrogens with one attached hydrogen (secondary N) is 2. The number of carbonyl (C=O) groups is 1. The van der Waals surface area contributed by atoms with Gasteiger partial charge < -0.3 is 10.6 Å². The Hall–Kier alpha value is -3.91. The number of aromatic nitrogens is 4. The summed E-state index contributed by atoms with van der Waals surface area (Å²) in [5.74, 6) is 1.17. The molecule has 0 bridgehead atoms. The molecule has 8 heteroatoms. The van der Waals surface area contributed by atoms with Crippen molar-refractivity contribution in [2.24, 2.45) is 0 Å². The molecule has 0 fully saturated rings. The molecule has 2 aromatic heterocycles. The van der Waals surface area contributed by atoms with Gasteiger partial charge in [-0.1, -0.05) is 66.4 Å². The van der Waals surface area contributed by atoms with Gasteiger partial charge in [-0.05, 0) is 36.2 Å². The lowest BCUT2D eigenvalue weighted by molar-refractivity contribution is -0.113. The fraction of sp³-hybridized carbons (Fsp3) is 0.120. The Morgan fingerprint density at radius 1 is 1.06 bits per heavy atom. The SMILES string of the molecule is CC1=C(C(=O)Nc2ccccc2)C(c2cccnc2)n2nc(SCc3ccccc3)nc2N1. The Morgan fingerprint density at radius 3 is 2.55 bits per heavy atom. The molecule has 0 radical (unpaired) electrons. The number of para-hydroxylation sites is 1. The third-order valence-corrected chi connectivity index (χ3v) is 6.23. The van der Waals surface area contributed by atoms with E-state index in [4.69, 9.17) is 5.10 Å². The molecule has 3 heterocycles. The maximum Gasteiger partial charge on any atom is 0.255 e. The first kappa shape index (κ1) is 21.0. The lowest BCUT2D eigenvalue weighted by Crippen LogP contribution is -2.31. The van der Waals surface area contributed by atoms with E-state index in [0.717, 1.165) is 22.7 Å². The highest BCUT2D eigenvalue weighted by atomic mass is 32.2. The number of allylic oxidation sites excluding steroid dienone is 1. The van der Waals surface area contributed by atoms with Gasteiger partial charge in [-0.15, -0.1) is 5.10 Å². The van der Waals surface area contributed by atoms with Crippen LogP contribution in [-0.4, -0.2) is 25.7 Å². The number of hydrogen-bond donors (Lipinski definition) is 2. The van der Waals surface area contributed by atoms with Gasteiger partial charge in [-0.2, -0.15) is 4.98 Å². The van der Waals surface area contributed by atoms with E-state index < -0.39 is 6.04 Å². The van der Waals surface area contributed by atoms with Crippen LogP contribution in [0.2, 0.25) is 0 Å². The zero-order chi connectivity index (χ0) is 22.6. The van der Waals surface area contributed by atoms with E-state index in [1.54, 1.807) is 28.8 Å². The van der Waals surface area contributed by atoms with Crippen molar-refractivity contribution >= 4 is 29.3 Å². The molecule has 2 aromatic carbocycles. The van der Waals surface area contributed by atoms with Crippen molar-refractivity contribution in [3.8, 4) is 0 Å². The number of amides is 1. The lowest BCUT2D eigenvalue weighted by atomic mass is 9.96. The number of carbonyl (C=O) groups excluding carboxylic acids is 1. The van der Waals surface area contributed by atoms with Crippen molar-refractivity contribution in [1.82, 2.24) is 19.7 Å². The van der Waals surface area contributed by atoms with E-state index in [2.05, 4.69) is 32.7 Å². The van der Waals surface area contributed by atoms with Gasteiger partial charge in [0.1, 0.15) is 6.04 Å². The van der Waals surface area contributed by atoms with E-state index in [0.29, 0.717) is 16.7 Å². The number of benzene rings is 2. The maximum atomic E-state index is 13.4. The molecule has 5 rings (SSSR count). The Kier molecular flexibility index (Phi) is 5.91. The highest BCUT2D eigenvalue weighted by Crippen LogP contribution is 2.36. The number of anilines is 2. The van der Waals surface area contributed by atoms with E-state index in [9.17, 15) is 4.79 Å². The van der Waals surface area contributed by atoms with Crippen LogP contribution < -0.4 is 10.6 Å². The molecule has 1 unspecified atom stereocenters. The molecule has 0 aliphatic carbocycles. The number of nitrogens with zero attached hydrogens (tertiary/aromatic N) is 4. The van der Waals surface area contributed by atoms with Crippen LogP contribution in [0, 0.1) is 0 Å². The van der Waals surface area contributed by atoms with Crippen molar-refractivity contribution in [2.75, 3.05) is 10.6 Å². The van der Waals surface area contributed by atoms with E-state index in [-0.39, 0.29) is 5.91 Å². The first-order valence-electron chi connectivity index (χ1n) is 10.6. The number of pyridine rings is 1. The van der Waals surface area contributed by atoms with Crippen molar-refractivity contribution < 1.29 is 4.79 Å². The van der Waals surface area contributed by atoms with Crippen LogP contribution in [0.4, 0.5) is 11.6 Å². The van der Waals surface area contributed by atoms with Crippen LogP contribution in [0.5, 0.6) is 0 Å². The van der Waals surface area contributed by atoms with Crippen LogP contribution >= 0.6 is 11.8 Å². The average molecular weight is 455 g/mol. The highest BCUT2D eigenvalue weighted by Gasteiger charge is 2.34. The van der Waals surface area contributed by atoms with Gasteiger partial charge >= 0.3 is 0 Å². The number of hydrogen-bond acceptors (Lipinski definition) is 6. The standard InChI is InChI=1S/C25H22N6OS/c1-17-21(23(32)28-20-12-6-3-7-13-20)22(19-11-8-14-26-15-19)31-24(27-17)29-25(30-31)33-16-18-9-4-2-5-10-18/h2-15,22H,16H2,1H3,(H,28,32)(H,27,29,30). The molecule has 4 aromatic rings. The fourth-order valence-electron chi connectivity index (χ4n) is 3.77. The molecule has 164 valence electrons. The minimum absolute atomic E-state index is 0.195. The molecular formula is C25H22N6OS. The Morgan fingerprint density at radius 2 is 1.82 bits per heavy atom. The van der Waals surface area contributed by atoms with E-state index >= 15 is 0 Å². The van der Waals surface area contributed by atoms with Crippen molar-refractivity contribution in [3.05, 3.63) is 108 Å². The smallest absolute Gasteiger partial charge is 0.255 e. The summed E-state index contributed by atoms with van der Waals surface area (Å²) < 4.78 is 1.78. The van der Waals surface area contributed by atoms with Gasteiger partial charge in [0.05, 0.1) is 5.57 Å². The Bertz CT molecular complexity index is 1290. The predicted octanol–water partition coefficient (Wildman–Crippen LogP) is 4.89. The van der Waals surface area contributed by atoms with Crippen molar-refractivity contribution in [1.29, 1.82) is 0 Å². The molecule has 0 spiro atoms. The van der Waals surface area contributed by atoms with E-state index in [1.165, 1.54) is 5.56 Å². The van der Waals surface area contributed by atoms with Gasteiger partial charge in [-0.3, -0.25) is 9.78 Å². The molecule has 33 heavy (non-hydrogen) atoms. The topological polar surface area (TPSA) is 84.7 Å². The van der Waals surface area contributed by atoms with Crippen molar-refractivity contribution in [2.45, 2.75) is 23.9 Å². The minimum Gasteiger partial charge on any atom is -0.328 e. The van der Waals surface area contributed by atoms with Crippen LogP contribution in [0.1, 0.15) is 24.1 Å².